The molecular weight excluding hydrogens is 375 g/mol. The van der Waals surface area contributed by atoms with Gasteiger partial charge in [-0.1, -0.05) is 6.92 Å². The third-order valence-electron chi connectivity index (χ3n) is 4.15. The molecule has 2 aromatic carbocycles. The van der Waals surface area contributed by atoms with E-state index in [9.17, 15) is 23.1 Å². The van der Waals surface area contributed by atoms with Gasteiger partial charge >= 0.3 is 11.8 Å². The van der Waals surface area contributed by atoms with Crippen LogP contribution in [-0.2, 0) is 13.0 Å². The standard InChI is InChI=1S/C20H18F3NO4/c1-2-12-7-16-13(8-19(26)28-18(16)9-17(12)25)10-24-14-3-5-15(6-4-14)27-11-20(21,22)23/h3-9,24-25H,2,10-11H2,1H3. The molecule has 2 N–H and O–H groups in total. The number of phenols is 1. The van der Waals surface area contributed by atoms with Gasteiger partial charge in [-0.25, -0.2) is 4.79 Å². The molecule has 0 amide bonds. The highest BCUT2D eigenvalue weighted by molar-refractivity contribution is 5.83. The molecule has 0 spiro atoms. The monoisotopic (exact) mass is 393 g/mol. The fraction of sp³-hybridized carbons (Fsp3) is 0.250. The Kier molecular flexibility index (Phi) is 5.48. The van der Waals surface area contributed by atoms with Crippen LogP contribution in [0.15, 0.2) is 51.7 Å². The van der Waals surface area contributed by atoms with Crippen molar-refractivity contribution in [2.45, 2.75) is 26.1 Å². The lowest BCUT2D eigenvalue weighted by molar-refractivity contribution is -0.153. The van der Waals surface area contributed by atoms with E-state index < -0.39 is 18.4 Å². The molecule has 0 aliphatic heterocycles. The van der Waals surface area contributed by atoms with Crippen LogP contribution in [0.2, 0.25) is 0 Å². The van der Waals surface area contributed by atoms with Gasteiger partial charge in [-0.3, -0.25) is 0 Å². The van der Waals surface area contributed by atoms with E-state index in [1.807, 2.05) is 6.92 Å². The number of hydrogen-bond acceptors (Lipinski definition) is 5. The summed E-state index contributed by atoms with van der Waals surface area (Å²) in [4.78, 5) is 11.8. The summed E-state index contributed by atoms with van der Waals surface area (Å²) >= 11 is 0. The summed E-state index contributed by atoms with van der Waals surface area (Å²) in [5.74, 6) is 0.175. The number of rotatable bonds is 6. The summed E-state index contributed by atoms with van der Waals surface area (Å²) in [5, 5.41) is 13.8. The zero-order valence-corrected chi connectivity index (χ0v) is 15.0. The van der Waals surface area contributed by atoms with E-state index in [2.05, 4.69) is 10.1 Å². The molecule has 0 fully saturated rings. The maximum Gasteiger partial charge on any atom is 0.422 e. The Morgan fingerprint density at radius 3 is 2.46 bits per heavy atom. The molecule has 3 rings (SSSR count). The molecule has 5 nitrogen and oxygen atoms in total. The van der Waals surface area contributed by atoms with E-state index in [1.54, 1.807) is 18.2 Å². The highest BCUT2D eigenvalue weighted by Crippen LogP contribution is 2.27. The summed E-state index contributed by atoms with van der Waals surface area (Å²) in [6.45, 7) is 0.845. The second-order valence-corrected chi connectivity index (χ2v) is 6.20. The molecule has 0 saturated carbocycles. The Labute approximate surface area is 158 Å². The van der Waals surface area contributed by atoms with Crippen LogP contribution < -0.4 is 15.7 Å². The van der Waals surface area contributed by atoms with Gasteiger partial charge in [0, 0.05) is 29.8 Å². The van der Waals surface area contributed by atoms with Crippen molar-refractivity contribution in [1.29, 1.82) is 0 Å². The van der Waals surface area contributed by atoms with Gasteiger partial charge in [0.1, 0.15) is 17.1 Å². The first-order valence-corrected chi connectivity index (χ1v) is 8.57. The largest absolute Gasteiger partial charge is 0.508 e. The molecule has 1 heterocycles. The number of aryl methyl sites for hydroxylation is 1. The lowest BCUT2D eigenvalue weighted by atomic mass is 10.0. The molecule has 1 aromatic heterocycles. The number of benzene rings is 2. The molecule has 0 unspecified atom stereocenters. The minimum atomic E-state index is -4.39. The Hall–Kier alpha value is -3.16. The van der Waals surface area contributed by atoms with Gasteiger partial charge in [-0.15, -0.1) is 0 Å². The Bertz CT molecular complexity index is 1030. The average Bonchev–Trinajstić information content (AvgIpc) is 2.64. The minimum absolute atomic E-state index is 0.0673. The summed E-state index contributed by atoms with van der Waals surface area (Å²) in [6, 6.07) is 10.6. The second kappa shape index (κ2) is 7.84. The van der Waals surface area contributed by atoms with E-state index in [1.165, 1.54) is 24.3 Å². The van der Waals surface area contributed by atoms with Crippen molar-refractivity contribution in [3.8, 4) is 11.5 Å². The van der Waals surface area contributed by atoms with Crippen molar-refractivity contribution in [2.24, 2.45) is 0 Å². The lowest BCUT2D eigenvalue weighted by Crippen LogP contribution is -2.19. The Balaban J connectivity index is 1.77. The van der Waals surface area contributed by atoms with Crippen LogP contribution in [0.1, 0.15) is 18.1 Å². The summed E-state index contributed by atoms with van der Waals surface area (Å²) < 4.78 is 46.4. The fourth-order valence-electron chi connectivity index (χ4n) is 2.77. The molecular formula is C20H18F3NO4. The number of hydrogen-bond donors (Lipinski definition) is 2. The molecule has 8 heteroatoms. The van der Waals surface area contributed by atoms with E-state index in [0.717, 1.165) is 5.56 Å². The van der Waals surface area contributed by atoms with Crippen LogP contribution >= 0.6 is 0 Å². The maximum atomic E-state index is 12.2. The zero-order chi connectivity index (χ0) is 20.3. The van der Waals surface area contributed by atoms with Crippen molar-refractivity contribution >= 4 is 16.7 Å². The first-order chi connectivity index (χ1) is 13.2. The maximum absolute atomic E-state index is 12.2. The Morgan fingerprint density at radius 2 is 1.82 bits per heavy atom. The molecule has 0 saturated heterocycles. The van der Waals surface area contributed by atoms with E-state index >= 15 is 0 Å². The van der Waals surface area contributed by atoms with Crippen LogP contribution in [-0.4, -0.2) is 17.9 Å². The number of aromatic hydroxyl groups is 1. The second-order valence-electron chi connectivity index (χ2n) is 6.20. The number of phenolic OH excluding ortho intramolecular Hbond substituents is 1. The van der Waals surface area contributed by atoms with Gasteiger partial charge in [0.25, 0.3) is 0 Å². The molecule has 28 heavy (non-hydrogen) atoms. The van der Waals surface area contributed by atoms with Crippen molar-refractivity contribution in [2.75, 3.05) is 11.9 Å². The summed E-state index contributed by atoms with van der Waals surface area (Å²) in [6.07, 6.45) is -3.77. The van der Waals surface area contributed by atoms with Crippen molar-refractivity contribution in [1.82, 2.24) is 0 Å². The first kappa shape index (κ1) is 19.6. The number of halogens is 3. The van der Waals surface area contributed by atoms with Gasteiger partial charge in [0.05, 0.1) is 0 Å². The molecule has 0 bridgehead atoms. The predicted molar refractivity (Wildman–Crippen MR) is 98.8 cm³/mol. The number of alkyl halides is 3. The lowest BCUT2D eigenvalue weighted by Gasteiger charge is -2.12. The highest BCUT2D eigenvalue weighted by Gasteiger charge is 2.28. The fourth-order valence-corrected chi connectivity index (χ4v) is 2.77. The Morgan fingerprint density at radius 1 is 1.11 bits per heavy atom. The number of anilines is 1. The molecule has 0 aliphatic rings. The van der Waals surface area contributed by atoms with Crippen LogP contribution in [0.3, 0.4) is 0 Å². The first-order valence-electron chi connectivity index (χ1n) is 8.57. The quantitative estimate of drug-likeness (QED) is 0.598. The van der Waals surface area contributed by atoms with Gasteiger partial charge in [-0.05, 0) is 47.9 Å². The summed E-state index contributed by atoms with van der Waals surface area (Å²) in [7, 11) is 0. The predicted octanol–water partition coefficient (Wildman–Crippen LogP) is 4.61. The van der Waals surface area contributed by atoms with Crippen LogP contribution in [0.25, 0.3) is 11.0 Å². The molecule has 0 radical (unpaired) electrons. The smallest absolute Gasteiger partial charge is 0.422 e. The van der Waals surface area contributed by atoms with Gasteiger partial charge < -0.3 is 19.6 Å². The van der Waals surface area contributed by atoms with Gasteiger partial charge in [0.2, 0.25) is 0 Å². The van der Waals surface area contributed by atoms with Crippen molar-refractivity contribution in [3.05, 3.63) is 64.0 Å². The average molecular weight is 393 g/mol. The number of nitrogens with one attached hydrogen (secondary N) is 1. The van der Waals surface area contributed by atoms with Crippen LogP contribution in [0.5, 0.6) is 11.5 Å². The van der Waals surface area contributed by atoms with E-state index in [-0.39, 0.29) is 17.1 Å². The van der Waals surface area contributed by atoms with Crippen molar-refractivity contribution < 1.29 is 27.4 Å². The molecule has 0 atom stereocenters. The number of ether oxygens (including phenoxy) is 1. The number of fused-ring (bicyclic) bond motifs is 1. The zero-order valence-electron chi connectivity index (χ0n) is 15.0. The van der Waals surface area contributed by atoms with Gasteiger partial charge in [-0.2, -0.15) is 13.2 Å². The third-order valence-corrected chi connectivity index (χ3v) is 4.15. The summed E-state index contributed by atoms with van der Waals surface area (Å²) in [5.41, 5.74) is 1.81. The molecule has 0 aliphatic carbocycles. The topological polar surface area (TPSA) is 71.7 Å². The molecule has 3 aromatic rings. The van der Waals surface area contributed by atoms with E-state index in [4.69, 9.17) is 4.42 Å². The van der Waals surface area contributed by atoms with Crippen molar-refractivity contribution in [3.63, 3.8) is 0 Å². The molecule has 148 valence electrons. The highest BCUT2D eigenvalue weighted by atomic mass is 19.4. The SMILES string of the molecule is CCc1cc2c(CNc3ccc(OCC(F)(F)F)cc3)cc(=O)oc2cc1O. The van der Waals surface area contributed by atoms with E-state index in [0.29, 0.717) is 29.6 Å². The third kappa shape index (κ3) is 4.76. The van der Waals surface area contributed by atoms with Crippen LogP contribution in [0.4, 0.5) is 18.9 Å². The van der Waals surface area contributed by atoms with Gasteiger partial charge in [0.15, 0.2) is 6.61 Å². The van der Waals surface area contributed by atoms with Crippen LogP contribution in [0, 0.1) is 0 Å². The normalized spacial score (nSPS) is 11.6. The minimum Gasteiger partial charge on any atom is -0.508 e.